The average Bonchev–Trinajstić information content (AvgIpc) is 2.29. The van der Waals surface area contributed by atoms with Gasteiger partial charge in [0.25, 0.3) is 5.69 Å². The fourth-order valence-electron chi connectivity index (χ4n) is 1.37. The molecule has 3 nitrogen and oxygen atoms in total. The van der Waals surface area contributed by atoms with E-state index in [1.165, 1.54) is 12.1 Å². The summed E-state index contributed by atoms with van der Waals surface area (Å²) in [7, 11) is 0. The predicted octanol–water partition coefficient (Wildman–Crippen LogP) is 3.72. The van der Waals surface area contributed by atoms with Gasteiger partial charge in [0.05, 0.1) is 4.92 Å². The van der Waals surface area contributed by atoms with Crippen LogP contribution in [0.4, 0.5) is 5.69 Å². The summed E-state index contributed by atoms with van der Waals surface area (Å²) in [6.07, 6.45) is 0. The number of hydrogen-bond acceptors (Lipinski definition) is 2. The van der Waals surface area contributed by atoms with Crippen molar-refractivity contribution < 1.29 is 4.92 Å². The molecule has 0 amide bonds. The van der Waals surface area contributed by atoms with Gasteiger partial charge in [-0.2, -0.15) is 0 Å². The van der Waals surface area contributed by atoms with Crippen LogP contribution in [-0.4, -0.2) is 4.92 Å². The smallest absolute Gasteiger partial charge is 0.258 e. The largest absolute Gasteiger partial charge is 0.269 e. The van der Waals surface area contributed by atoms with E-state index in [9.17, 15) is 10.1 Å². The third-order valence-corrected chi connectivity index (χ3v) is 2.39. The Kier molecular flexibility index (Phi) is 2.88. The summed E-state index contributed by atoms with van der Waals surface area (Å²) in [5.74, 6) is 0. The number of hydrogen-bond donors (Lipinski definition) is 0. The van der Waals surface area contributed by atoms with Crippen LogP contribution in [0.25, 0.3) is 11.1 Å². The Morgan fingerprint density at radius 3 is 2.44 bits per heavy atom. The molecule has 0 bridgehead atoms. The van der Waals surface area contributed by atoms with Gasteiger partial charge in [0.2, 0.25) is 0 Å². The van der Waals surface area contributed by atoms with Crippen molar-refractivity contribution in [2.45, 2.75) is 0 Å². The van der Waals surface area contributed by atoms with E-state index in [0.29, 0.717) is 5.02 Å². The second-order valence-electron chi connectivity index (χ2n) is 3.22. The standard InChI is InChI=1S/C12H7ClNO2/c13-11-3-1-2-10(8-11)9-4-6-12(7-5-9)14(15)16/h1,3-8H. The quantitative estimate of drug-likeness (QED) is 0.585. The van der Waals surface area contributed by atoms with Crippen molar-refractivity contribution in [1.82, 2.24) is 0 Å². The average molecular weight is 233 g/mol. The zero-order valence-electron chi connectivity index (χ0n) is 8.18. The first-order valence-electron chi connectivity index (χ1n) is 4.59. The summed E-state index contributed by atoms with van der Waals surface area (Å²) < 4.78 is 0. The number of rotatable bonds is 2. The zero-order valence-corrected chi connectivity index (χ0v) is 8.94. The molecule has 0 saturated heterocycles. The highest BCUT2D eigenvalue weighted by Gasteiger charge is 2.05. The molecule has 0 fully saturated rings. The van der Waals surface area contributed by atoms with Gasteiger partial charge in [-0.1, -0.05) is 17.7 Å². The van der Waals surface area contributed by atoms with E-state index in [0.717, 1.165) is 11.1 Å². The van der Waals surface area contributed by atoms with Crippen molar-refractivity contribution in [3.8, 4) is 11.1 Å². The highest BCUT2D eigenvalue weighted by molar-refractivity contribution is 6.30. The van der Waals surface area contributed by atoms with Crippen LogP contribution >= 0.6 is 11.6 Å². The number of halogens is 1. The molecule has 0 N–H and O–H groups in total. The third-order valence-electron chi connectivity index (χ3n) is 2.15. The summed E-state index contributed by atoms with van der Waals surface area (Å²) in [5.41, 5.74) is 1.75. The van der Waals surface area contributed by atoms with Crippen molar-refractivity contribution in [3.63, 3.8) is 0 Å². The molecule has 0 aliphatic heterocycles. The molecular weight excluding hydrogens is 226 g/mol. The minimum atomic E-state index is -0.425. The Bertz CT molecular complexity index is 523. The predicted molar refractivity (Wildman–Crippen MR) is 62.4 cm³/mol. The number of nitrogens with zero attached hydrogens (tertiary/aromatic N) is 1. The minimum Gasteiger partial charge on any atom is -0.258 e. The molecule has 2 aromatic carbocycles. The van der Waals surface area contributed by atoms with E-state index in [2.05, 4.69) is 6.07 Å². The molecular formula is C12H7ClNO2. The zero-order chi connectivity index (χ0) is 11.5. The number of nitro benzene ring substituents is 1. The highest BCUT2D eigenvalue weighted by Crippen LogP contribution is 2.24. The minimum absolute atomic E-state index is 0.0748. The Morgan fingerprint density at radius 2 is 1.88 bits per heavy atom. The van der Waals surface area contributed by atoms with Gasteiger partial charge in [0, 0.05) is 17.2 Å². The summed E-state index contributed by atoms with van der Waals surface area (Å²) in [4.78, 5) is 10.1. The van der Waals surface area contributed by atoms with Crippen LogP contribution in [0.3, 0.4) is 0 Å². The molecule has 0 atom stereocenters. The van der Waals surface area contributed by atoms with Gasteiger partial charge >= 0.3 is 0 Å². The lowest BCUT2D eigenvalue weighted by Crippen LogP contribution is -1.87. The second kappa shape index (κ2) is 4.33. The van der Waals surface area contributed by atoms with Gasteiger partial charge in [0.1, 0.15) is 0 Å². The molecule has 2 rings (SSSR count). The maximum Gasteiger partial charge on any atom is 0.269 e. The van der Waals surface area contributed by atoms with E-state index in [4.69, 9.17) is 11.6 Å². The molecule has 0 saturated carbocycles. The Hall–Kier alpha value is -1.87. The Morgan fingerprint density at radius 1 is 1.19 bits per heavy atom. The number of benzene rings is 2. The van der Waals surface area contributed by atoms with E-state index in [-0.39, 0.29) is 5.69 Å². The second-order valence-corrected chi connectivity index (χ2v) is 3.66. The first-order chi connectivity index (χ1) is 7.66. The molecule has 4 heteroatoms. The third kappa shape index (κ3) is 2.20. The van der Waals surface area contributed by atoms with Gasteiger partial charge in [-0.15, -0.1) is 0 Å². The maximum absolute atomic E-state index is 10.5. The normalized spacial score (nSPS) is 10.1. The van der Waals surface area contributed by atoms with Crippen molar-refractivity contribution in [2.75, 3.05) is 0 Å². The van der Waals surface area contributed by atoms with Crippen LogP contribution < -0.4 is 0 Å². The topological polar surface area (TPSA) is 43.1 Å². The molecule has 0 spiro atoms. The maximum atomic E-state index is 10.5. The molecule has 0 heterocycles. The van der Waals surface area contributed by atoms with Gasteiger partial charge in [0.15, 0.2) is 0 Å². The molecule has 2 aromatic rings. The molecule has 0 unspecified atom stereocenters. The molecule has 1 radical (unpaired) electrons. The summed E-state index contributed by atoms with van der Waals surface area (Å²) in [6.45, 7) is 0. The monoisotopic (exact) mass is 232 g/mol. The highest BCUT2D eigenvalue weighted by atomic mass is 35.5. The van der Waals surface area contributed by atoms with Crippen molar-refractivity contribution in [3.05, 3.63) is 63.7 Å². The van der Waals surface area contributed by atoms with Crippen molar-refractivity contribution in [1.29, 1.82) is 0 Å². The lowest BCUT2D eigenvalue weighted by atomic mass is 10.1. The van der Waals surface area contributed by atoms with E-state index >= 15 is 0 Å². The summed E-state index contributed by atoms with van der Waals surface area (Å²) in [5, 5.41) is 11.1. The number of nitro groups is 1. The van der Waals surface area contributed by atoms with Crippen molar-refractivity contribution in [2.24, 2.45) is 0 Å². The molecule has 79 valence electrons. The molecule has 16 heavy (non-hydrogen) atoms. The fraction of sp³-hybridized carbons (Fsp3) is 0. The van der Waals surface area contributed by atoms with Crippen LogP contribution in [0.15, 0.2) is 42.5 Å². The number of non-ortho nitro benzene ring substituents is 1. The van der Waals surface area contributed by atoms with Crippen molar-refractivity contribution >= 4 is 17.3 Å². The molecule has 0 aliphatic rings. The lowest BCUT2D eigenvalue weighted by molar-refractivity contribution is -0.384. The van der Waals surface area contributed by atoms with E-state index in [1.54, 1.807) is 30.3 Å². The lowest BCUT2D eigenvalue weighted by Gasteiger charge is -2.00. The SMILES string of the molecule is O=[N+]([O-])c1ccc(-c2[c]ccc(Cl)c2)cc1. The summed E-state index contributed by atoms with van der Waals surface area (Å²) >= 11 is 5.85. The first-order valence-corrected chi connectivity index (χ1v) is 4.97. The van der Waals surface area contributed by atoms with Crippen LogP contribution in [0.2, 0.25) is 5.02 Å². The first kappa shape index (κ1) is 10.6. The summed E-state index contributed by atoms with van der Waals surface area (Å²) in [6, 6.07) is 14.5. The molecule has 0 aliphatic carbocycles. The Labute approximate surface area is 97.4 Å². The van der Waals surface area contributed by atoms with Crippen LogP contribution in [0, 0.1) is 16.2 Å². The van der Waals surface area contributed by atoms with Crippen LogP contribution in [0.5, 0.6) is 0 Å². The van der Waals surface area contributed by atoms with Gasteiger partial charge in [-0.3, -0.25) is 10.1 Å². The van der Waals surface area contributed by atoms with Gasteiger partial charge in [-0.05, 0) is 41.5 Å². The molecule has 0 aromatic heterocycles. The van der Waals surface area contributed by atoms with Crippen LogP contribution in [-0.2, 0) is 0 Å². The van der Waals surface area contributed by atoms with Gasteiger partial charge in [-0.25, -0.2) is 0 Å². The van der Waals surface area contributed by atoms with Gasteiger partial charge < -0.3 is 0 Å². The van der Waals surface area contributed by atoms with E-state index < -0.39 is 4.92 Å². The fourth-order valence-corrected chi connectivity index (χ4v) is 1.54. The van der Waals surface area contributed by atoms with E-state index in [1.807, 2.05) is 0 Å². The van der Waals surface area contributed by atoms with Crippen LogP contribution in [0.1, 0.15) is 0 Å². The Balaban J connectivity index is 2.38.